The number of sulfonamides is 1. The molecule has 0 aliphatic carbocycles. The average Bonchev–Trinajstić information content (AvgIpc) is 3.23. The Kier molecular flexibility index (Phi) is 5.64. The molecular formula is C18H17NO6S3. The van der Waals surface area contributed by atoms with Gasteiger partial charge in [-0.2, -0.15) is 8.42 Å². The Morgan fingerprint density at radius 2 is 1.46 bits per heavy atom. The van der Waals surface area contributed by atoms with Gasteiger partial charge in [0.25, 0.3) is 10.0 Å². The van der Waals surface area contributed by atoms with E-state index in [1.54, 1.807) is 11.4 Å². The van der Waals surface area contributed by atoms with Crippen LogP contribution in [0.15, 0.2) is 75.1 Å². The van der Waals surface area contributed by atoms with E-state index in [1.807, 2.05) is 0 Å². The van der Waals surface area contributed by atoms with E-state index < -0.39 is 20.1 Å². The molecule has 3 rings (SSSR count). The van der Waals surface area contributed by atoms with Gasteiger partial charge < -0.3 is 8.92 Å². The number of nitrogens with zero attached hydrogens (tertiary/aromatic N) is 1. The molecule has 0 N–H and O–H groups in total. The molecule has 1 heterocycles. The van der Waals surface area contributed by atoms with Crippen LogP contribution in [0.1, 0.15) is 0 Å². The van der Waals surface area contributed by atoms with Crippen molar-refractivity contribution in [3.05, 3.63) is 66.0 Å². The third kappa shape index (κ3) is 4.13. The van der Waals surface area contributed by atoms with Gasteiger partial charge in [0.15, 0.2) is 0 Å². The van der Waals surface area contributed by atoms with E-state index in [0.717, 1.165) is 15.6 Å². The van der Waals surface area contributed by atoms with Crippen LogP contribution in [0.4, 0.5) is 5.69 Å². The van der Waals surface area contributed by atoms with Gasteiger partial charge in [0.2, 0.25) is 0 Å². The minimum atomic E-state index is -4.02. The maximum Gasteiger partial charge on any atom is 0.339 e. The zero-order valence-corrected chi connectivity index (χ0v) is 17.4. The van der Waals surface area contributed by atoms with Gasteiger partial charge in [0.05, 0.1) is 12.8 Å². The lowest BCUT2D eigenvalue weighted by Crippen LogP contribution is -2.25. The van der Waals surface area contributed by atoms with E-state index >= 15 is 0 Å². The number of anilines is 1. The van der Waals surface area contributed by atoms with Crippen molar-refractivity contribution in [1.29, 1.82) is 0 Å². The highest BCUT2D eigenvalue weighted by molar-refractivity contribution is 7.94. The van der Waals surface area contributed by atoms with Gasteiger partial charge in [0, 0.05) is 7.05 Å². The largest absolute Gasteiger partial charge is 0.497 e. The number of hydrogen-bond acceptors (Lipinski definition) is 7. The topological polar surface area (TPSA) is 90.0 Å². The first kappa shape index (κ1) is 20.2. The van der Waals surface area contributed by atoms with Crippen LogP contribution in [-0.2, 0) is 20.1 Å². The van der Waals surface area contributed by atoms with Gasteiger partial charge in [-0.25, -0.2) is 8.42 Å². The Morgan fingerprint density at radius 1 is 0.857 bits per heavy atom. The minimum Gasteiger partial charge on any atom is -0.497 e. The van der Waals surface area contributed by atoms with Crippen molar-refractivity contribution >= 4 is 37.2 Å². The molecular weight excluding hydrogens is 422 g/mol. The van der Waals surface area contributed by atoms with Gasteiger partial charge in [-0.05, 0) is 60.0 Å². The summed E-state index contributed by atoms with van der Waals surface area (Å²) in [4.78, 5) is -0.0187. The maximum atomic E-state index is 12.5. The number of hydrogen-bond donors (Lipinski definition) is 0. The Hall–Kier alpha value is -2.56. The van der Waals surface area contributed by atoms with E-state index in [9.17, 15) is 16.8 Å². The summed E-state index contributed by atoms with van der Waals surface area (Å²) < 4.78 is 61.3. The first-order valence-electron chi connectivity index (χ1n) is 7.95. The molecule has 0 spiro atoms. The third-order valence-electron chi connectivity index (χ3n) is 3.86. The first-order chi connectivity index (χ1) is 13.2. The molecule has 0 atom stereocenters. The van der Waals surface area contributed by atoms with E-state index in [-0.39, 0.29) is 14.9 Å². The molecule has 10 heteroatoms. The quantitative estimate of drug-likeness (QED) is 0.525. The molecule has 0 saturated carbocycles. The second-order valence-corrected chi connectivity index (χ2v) is 10.3. The number of benzene rings is 2. The van der Waals surface area contributed by atoms with E-state index in [1.165, 1.54) is 68.8 Å². The Bertz CT molecular complexity index is 1140. The fourth-order valence-corrected chi connectivity index (χ4v) is 5.60. The summed E-state index contributed by atoms with van der Waals surface area (Å²) in [6.07, 6.45) is 0. The zero-order chi connectivity index (χ0) is 20.4. The van der Waals surface area contributed by atoms with Crippen LogP contribution in [0.25, 0.3) is 0 Å². The fourth-order valence-electron chi connectivity index (χ4n) is 2.31. The standard InChI is InChI=1S/C18H17NO6S3/c1-19(27(20,21)18-4-3-13-26-18)14-5-7-16(8-6-14)25-28(22,23)17-11-9-15(24-2)10-12-17/h3-13H,1-2H3. The second kappa shape index (κ2) is 7.82. The molecule has 0 amide bonds. The summed E-state index contributed by atoms with van der Waals surface area (Å²) in [5.74, 6) is 0.597. The smallest absolute Gasteiger partial charge is 0.339 e. The molecule has 2 aromatic carbocycles. The number of rotatable bonds is 7. The monoisotopic (exact) mass is 439 g/mol. The lowest BCUT2D eigenvalue weighted by molar-refractivity contribution is 0.414. The molecule has 28 heavy (non-hydrogen) atoms. The average molecular weight is 440 g/mol. The molecule has 7 nitrogen and oxygen atoms in total. The molecule has 0 aliphatic heterocycles. The summed E-state index contributed by atoms with van der Waals surface area (Å²) in [6.45, 7) is 0. The van der Waals surface area contributed by atoms with Crippen molar-refractivity contribution in [1.82, 2.24) is 0 Å². The molecule has 0 fully saturated rings. The van der Waals surface area contributed by atoms with E-state index in [2.05, 4.69) is 0 Å². The van der Waals surface area contributed by atoms with Gasteiger partial charge in [-0.1, -0.05) is 6.07 Å². The molecule has 1 aromatic heterocycles. The molecule has 0 saturated heterocycles. The highest BCUT2D eigenvalue weighted by Gasteiger charge is 2.23. The van der Waals surface area contributed by atoms with Crippen LogP contribution >= 0.6 is 11.3 Å². The van der Waals surface area contributed by atoms with Crippen LogP contribution in [0.2, 0.25) is 0 Å². The maximum absolute atomic E-state index is 12.5. The predicted octanol–water partition coefficient (Wildman–Crippen LogP) is 3.35. The second-order valence-electron chi connectivity index (χ2n) is 5.61. The van der Waals surface area contributed by atoms with Crippen molar-refractivity contribution in [3.63, 3.8) is 0 Å². The molecule has 0 radical (unpaired) electrons. The zero-order valence-electron chi connectivity index (χ0n) is 15.0. The highest BCUT2D eigenvalue weighted by Crippen LogP contribution is 2.28. The first-order valence-corrected chi connectivity index (χ1v) is 11.7. The summed E-state index contributed by atoms with van der Waals surface area (Å²) in [5.41, 5.74) is 0.377. The van der Waals surface area contributed by atoms with Gasteiger partial charge in [-0.15, -0.1) is 11.3 Å². The Morgan fingerprint density at radius 3 is 2.00 bits per heavy atom. The van der Waals surface area contributed by atoms with Crippen LogP contribution in [0, 0.1) is 0 Å². The molecule has 0 unspecified atom stereocenters. The van der Waals surface area contributed by atoms with Gasteiger partial charge in [-0.3, -0.25) is 4.31 Å². The van der Waals surface area contributed by atoms with E-state index in [4.69, 9.17) is 8.92 Å². The van der Waals surface area contributed by atoms with Crippen LogP contribution in [0.3, 0.4) is 0 Å². The van der Waals surface area contributed by atoms with Gasteiger partial charge >= 0.3 is 10.1 Å². The van der Waals surface area contributed by atoms with Crippen molar-refractivity contribution in [3.8, 4) is 11.5 Å². The van der Waals surface area contributed by atoms with Crippen LogP contribution < -0.4 is 13.2 Å². The number of thiophene rings is 1. The molecule has 0 bridgehead atoms. The highest BCUT2D eigenvalue weighted by atomic mass is 32.2. The summed E-state index contributed by atoms with van der Waals surface area (Å²) in [5, 5.41) is 1.68. The Balaban J connectivity index is 1.78. The molecule has 148 valence electrons. The lowest BCUT2D eigenvalue weighted by Gasteiger charge is -2.18. The normalized spacial score (nSPS) is 11.8. The summed E-state index contributed by atoms with van der Waals surface area (Å²) in [7, 11) is -4.77. The summed E-state index contributed by atoms with van der Waals surface area (Å²) >= 11 is 1.12. The lowest BCUT2D eigenvalue weighted by atomic mass is 10.3. The van der Waals surface area contributed by atoms with Crippen molar-refractivity contribution < 1.29 is 25.8 Å². The number of ether oxygens (including phenoxy) is 1. The number of methoxy groups -OCH3 is 1. The van der Waals surface area contributed by atoms with Crippen molar-refractivity contribution in [2.45, 2.75) is 9.10 Å². The third-order valence-corrected chi connectivity index (χ3v) is 8.28. The fraction of sp³-hybridized carbons (Fsp3) is 0.111. The minimum absolute atomic E-state index is 0.0187. The van der Waals surface area contributed by atoms with E-state index in [0.29, 0.717) is 11.4 Å². The van der Waals surface area contributed by atoms with Crippen molar-refractivity contribution in [2.24, 2.45) is 0 Å². The van der Waals surface area contributed by atoms with Gasteiger partial charge in [0.1, 0.15) is 20.6 Å². The van der Waals surface area contributed by atoms with Crippen molar-refractivity contribution in [2.75, 3.05) is 18.5 Å². The van der Waals surface area contributed by atoms with Crippen LogP contribution in [0.5, 0.6) is 11.5 Å². The summed E-state index contributed by atoms with van der Waals surface area (Å²) in [6, 6.07) is 14.7. The predicted molar refractivity (Wildman–Crippen MR) is 107 cm³/mol. The van der Waals surface area contributed by atoms with Crippen LogP contribution in [-0.4, -0.2) is 31.0 Å². The SMILES string of the molecule is COc1ccc(S(=O)(=O)Oc2ccc(N(C)S(=O)(=O)c3cccs3)cc2)cc1. The molecule has 3 aromatic rings. The Labute approximate surface area is 167 Å². The molecule has 0 aliphatic rings.